The van der Waals surface area contributed by atoms with Crippen molar-refractivity contribution in [3.63, 3.8) is 0 Å². The molecule has 0 unspecified atom stereocenters. The number of benzene rings is 2. The molecule has 21 heavy (non-hydrogen) atoms. The van der Waals surface area contributed by atoms with Crippen molar-refractivity contribution in [2.75, 3.05) is 19.5 Å². The zero-order chi connectivity index (χ0) is 15.2. The molecule has 0 saturated carbocycles. The van der Waals surface area contributed by atoms with Crippen LogP contribution in [-0.2, 0) is 0 Å². The SMILES string of the molecule is COc1cccc(OC)c1C(=O)Nc1cccc(C#N)c1. The maximum Gasteiger partial charge on any atom is 0.263 e. The number of carbonyl (C=O) groups excluding carboxylic acids is 1. The first-order valence-corrected chi connectivity index (χ1v) is 6.22. The molecular weight excluding hydrogens is 268 g/mol. The van der Waals surface area contributed by atoms with Gasteiger partial charge in [0.25, 0.3) is 5.91 Å². The molecule has 0 aliphatic rings. The van der Waals surface area contributed by atoms with Gasteiger partial charge < -0.3 is 14.8 Å². The van der Waals surface area contributed by atoms with Crippen molar-refractivity contribution in [3.8, 4) is 17.6 Å². The summed E-state index contributed by atoms with van der Waals surface area (Å²) in [6.07, 6.45) is 0. The van der Waals surface area contributed by atoms with Crippen LogP contribution in [0.15, 0.2) is 42.5 Å². The molecule has 0 bridgehead atoms. The highest BCUT2D eigenvalue weighted by Crippen LogP contribution is 2.29. The van der Waals surface area contributed by atoms with E-state index in [0.717, 1.165) is 0 Å². The maximum absolute atomic E-state index is 12.4. The van der Waals surface area contributed by atoms with Crippen LogP contribution in [0.5, 0.6) is 11.5 Å². The van der Waals surface area contributed by atoms with Crippen molar-refractivity contribution in [1.29, 1.82) is 5.26 Å². The fraction of sp³-hybridized carbons (Fsp3) is 0.125. The molecule has 2 rings (SSSR count). The smallest absolute Gasteiger partial charge is 0.263 e. The molecule has 1 N–H and O–H groups in total. The topological polar surface area (TPSA) is 71.3 Å². The first kappa shape index (κ1) is 14.4. The summed E-state index contributed by atoms with van der Waals surface area (Å²) in [7, 11) is 2.98. The van der Waals surface area contributed by atoms with Gasteiger partial charge in [0, 0.05) is 5.69 Å². The number of nitrogens with one attached hydrogen (secondary N) is 1. The summed E-state index contributed by atoms with van der Waals surface area (Å²) in [4.78, 5) is 12.4. The summed E-state index contributed by atoms with van der Waals surface area (Å²) in [5, 5.41) is 11.6. The lowest BCUT2D eigenvalue weighted by molar-refractivity contribution is 0.102. The Bertz CT molecular complexity index is 683. The minimum absolute atomic E-state index is 0.310. The highest BCUT2D eigenvalue weighted by molar-refractivity contribution is 6.08. The van der Waals surface area contributed by atoms with Crippen molar-refractivity contribution < 1.29 is 14.3 Å². The maximum atomic E-state index is 12.4. The van der Waals surface area contributed by atoms with E-state index in [0.29, 0.717) is 28.3 Å². The highest BCUT2D eigenvalue weighted by atomic mass is 16.5. The largest absolute Gasteiger partial charge is 0.496 e. The first-order chi connectivity index (χ1) is 10.2. The van der Waals surface area contributed by atoms with Gasteiger partial charge in [0.2, 0.25) is 0 Å². The first-order valence-electron chi connectivity index (χ1n) is 6.22. The molecular formula is C16H14N2O3. The Labute approximate surface area is 122 Å². The van der Waals surface area contributed by atoms with Gasteiger partial charge in [-0.1, -0.05) is 12.1 Å². The van der Waals surface area contributed by atoms with Gasteiger partial charge >= 0.3 is 0 Å². The average Bonchev–Trinajstić information content (AvgIpc) is 2.53. The standard InChI is InChI=1S/C16H14N2O3/c1-20-13-7-4-8-14(21-2)15(13)16(19)18-12-6-3-5-11(9-12)10-17/h3-9H,1-2H3,(H,18,19). The fourth-order valence-electron chi connectivity index (χ4n) is 1.94. The monoisotopic (exact) mass is 282 g/mol. The Morgan fingerprint density at radius 2 is 1.71 bits per heavy atom. The van der Waals surface area contributed by atoms with Gasteiger partial charge in [-0.25, -0.2) is 0 Å². The number of carbonyl (C=O) groups is 1. The molecule has 1 amide bonds. The number of anilines is 1. The van der Waals surface area contributed by atoms with Gasteiger partial charge in [0.05, 0.1) is 25.9 Å². The molecule has 5 heteroatoms. The quantitative estimate of drug-likeness (QED) is 0.936. The second-order valence-corrected chi connectivity index (χ2v) is 4.18. The Morgan fingerprint density at radius 3 is 2.29 bits per heavy atom. The van der Waals surface area contributed by atoms with Crippen LogP contribution in [-0.4, -0.2) is 20.1 Å². The third-order valence-corrected chi connectivity index (χ3v) is 2.90. The highest BCUT2D eigenvalue weighted by Gasteiger charge is 2.18. The van der Waals surface area contributed by atoms with Crippen LogP contribution in [0, 0.1) is 11.3 Å². The number of amides is 1. The van der Waals surface area contributed by atoms with Crippen LogP contribution in [0.3, 0.4) is 0 Å². The Kier molecular flexibility index (Phi) is 4.42. The van der Waals surface area contributed by atoms with Crippen molar-refractivity contribution in [3.05, 3.63) is 53.6 Å². The number of methoxy groups -OCH3 is 2. The summed E-state index contributed by atoms with van der Waals surface area (Å²) < 4.78 is 10.4. The van der Waals surface area contributed by atoms with E-state index in [2.05, 4.69) is 5.32 Å². The third-order valence-electron chi connectivity index (χ3n) is 2.90. The lowest BCUT2D eigenvalue weighted by Gasteiger charge is -2.13. The van der Waals surface area contributed by atoms with E-state index in [9.17, 15) is 4.79 Å². The predicted octanol–water partition coefficient (Wildman–Crippen LogP) is 2.83. The van der Waals surface area contributed by atoms with E-state index in [1.54, 1.807) is 42.5 Å². The molecule has 5 nitrogen and oxygen atoms in total. The van der Waals surface area contributed by atoms with Crippen LogP contribution in [0.4, 0.5) is 5.69 Å². The van der Waals surface area contributed by atoms with Crippen molar-refractivity contribution in [2.24, 2.45) is 0 Å². The molecule has 0 saturated heterocycles. The van der Waals surface area contributed by atoms with E-state index in [-0.39, 0.29) is 5.91 Å². The van der Waals surface area contributed by atoms with E-state index in [1.165, 1.54) is 14.2 Å². The number of rotatable bonds is 4. The number of hydrogen-bond acceptors (Lipinski definition) is 4. The van der Waals surface area contributed by atoms with Gasteiger partial charge in [-0.15, -0.1) is 0 Å². The number of hydrogen-bond donors (Lipinski definition) is 1. The molecule has 0 heterocycles. The van der Waals surface area contributed by atoms with Crippen LogP contribution in [0.1, 0.15) is 15.9 Å². The van der Waals surface area contributed by atoms with Crippen molar-refractivity contribution >= 4 is 11.6 Å². The van der Waals surface area contributed by atoms with Crippen LogP contribution < -0.4 is 14.8 Å². The minimum atomic E-state index is -0.362. The lowest BCUT2D eigenvalue weighted by atomic mass is 10.1. The van der Waals surface area contributed by atoms with E-state index >= 15 is 0 Å². The van der Waals surface area contributed by atoms with Gasteiger partial charge in [-0.3, -0.25) is 4.79 Å². The molecule has 0 radical (unpaired) electrons. The number of ether oxygens (including phenoxy) is 2. The average molecular weight is 282 g/mol. The predicted molar refractivity (Wildman–Crippen MR) is 78.7 cm³/mol. The normalized spacial score (nSPS) is 9.57. The van der Waals surface area contributed by atoms with Gasteiger partial charge in [0.15, 0.2) is 0 Å². The number of nitrogens with zero attached hydrogens (tertiary/aromatic N) is 1. The molecule has 0 aromatic heterocycles. The Morgan fingerprint density at radius 1 is 1.10 bits per heavy atom. The van der Waals surface area contributed by atoms with Crippen molar-refractivity contribution in [1.82, 2.24) is 0 Å². The molecule has 0 atom stereocenters. The molecule has 0 spiro atoms. The molecule has 0 aliphatic carbocycles. The summed E-state index contributed by atoms with van der Waals surface area (Å²) in [6, 6.07) is 13.8. The minimum Gasteiger partial charge on any atom is -0.496 e. The molecule has 0 fully saturated rings. The second-order valence-electron chi connectivity index (χ2n) is 4.18. The van der Waals surface area contributed by atoms with E-state index < -0.39 is 0 Å². The van der Waals surface area contributed by atoms with E-state index in [1.807, 2.05) is 6.07 Å². The Hall–Kier alpha value is -3.00. The number of nitriles is 1. The Balaban J connectivity index is 2.34. The summed E-state index contributed by atoms with van der Waals surface area (Å²) >= 11 is 0. The molecule has 2 aromatic carbocycles. The van der Waals surface area contributed by atoms with Gasteiger partial charge in [0.1, 0.15) is 17.1 Å². The van der Waals surface area contributed by atoms with Gasteiger partial charge in [-0.05, 0) is 30.3 Å². The zero-order valence-electron chi connectivity index (χ0n) is 11.7. The molecule has 106 valence electrons. The van der Waals surface area contributed by atoms with E-state index in [4.69, 9.17) is 14.7 Å². The second kappa shape index (κ2) is 6.44. The van der Waals surface area contributed by atoms with Crippen molar-refractivity contribution in [2.45, 2.75) is 0 Å². The molecule has 2 aromatic rings. The summed E-state index contributed by atoms with van der Waals surface area (Å²) in [6.45, 7) is 0. The van der Waals surface area contributed by atoms with Crippen LogP contribution >= 0.6 is 0 Å². The third kappa shape index (κ3) is 3.12. The zero-order valence-corrected chi connectivity index (χ0v) is 11.7. The molecule has 0 aliphatic heterocycles. The van der Waals surface area contributed by atoms with Crippen LogP contribution in [0.2, 0.25) is 0 Å². The lowest BCUT2D eigenvalue weighted by Crippen LogP contribution is -2.14. The fourth-order valence-corrected chi connectivity index (χ4v) is 1.94. The summed E-state index contributed by atoms with van der Waals surface area (Å²) in [5.41, 5.74) is 1.32. The van der Waals surface area contributed by atoms with Crippen LogP contribution in [0.25, 0.3) is 0 Å². The van der Waals surface area contributed by atoms with Gasteiger partial charge in [-0.2, -0.15) is 5.26 Å². The summed E-state index contributed by atoms with van der Waals surface area (Å²) in [5.74, 6) is 0.478.